The Hall–Kier alpha value is -0.850. The first kappa shape index (κ1) is 55.5. The van der Waals surface area contributed by atoms with Crippen LogP contribution in [0.25, 0.3) is 0 Å². The van der Waals surface area contributed by atoms with Crippen molar-refractivity contribution in [3.05, 3.63) is 0 Å². The molecule has 0 spiro atoms. The van der Waals surface area contributed by atoms with E-state index in [1.807, 2.05) is 0 Å². The fourth-order valence-corrected chi connectivity index (χ4v) is 9.64. The Balaban J connectivity index is 1.20. The maximum absolute atomic E-state index is 11.6. The van der Waals surface area contributed by atoms with Gasteiger partial charge in [0, 0.05) is 5.75 Å². The number of hydrogen-bond donors (Lipinski definition) is 20. The van der Waals surface area contributed by atoms with Crippen molar-refractivity contribution in [2.75, 3.05) is 38.8 Å². The van der Waals surface area contributed by atoms with Gasteiger partial charge in [0.05, 0.1) is 39.1 Å². The third kappa shape index (κ3) is 11.5. The molecule has 6 aliphatic heterocycles. The van der Waals surface area contributed by atoms with E-state index in [4.69, 9.17) is 47.4 Å². The van der Waals surface area contributed by atoms with Gasteiger partial charge in [-0.3, -0.25) is 0 Å². The molecule has 30 nitrogen and oxygen atoms in total. The molecule has 0 bridgehead atoms. The molecule has 0 amide bonds. The minimum absolute atomic E-state index is 0.536. The normalized spacial score (nSPS) is 53.4. The van der Waals surface area contributed by atoms with Crippen molar-refractivity contribution < 1.29 is 149 Å². The Morgan fingerprint density at radius 3 is 0.985 bits per heavy atom. The van der Waals surface area contributed by atoms with Crippen LogP contribution in [0, 0.1) is 0 Å². The van der Waals surface area contributed by atoms with Crippen LogP contribution in [-0.2, 0) is 47.4 Å². The van der Waals surface area contributed by atoms with Gasteiger partial charge in [0.2, 0.25) is 0 Å². The van der Waals surface area contributed by atoms with Crippen molar-refractivity contribution >= 4 is 11.8 Å². The van der Waals surface area contributed by atoms with Gasteiger partial charge in [-0.1, -0.05) is 0 Å². The van der Waals surface area contributed by atoms with Gasteiger partial charge in [-0.25, -0.2) is 0 Å². The number of aliphatic hydroxyl groups excluding tert-OH is 20. The molecule has 6 heterocycles. The summed E-state index contributed by atoms with van der Waals surface area (Å²) in [4.78, 5) is 0. The Morgan fingerprint density at radius 2 is 0.582 bits per heavy atom. The molecule has 392 valence electrons. The Labute approximate surface area is 383 Å². The van der Waals surface area contributed by atoms with Crippen LogP contribution in [0.4, 0.5) is 0 Å². The topological polar surface area (TPSA) is 497 Å². The van der Waals surface area contributed by atoms with Crippen molar-refractivity contribution in [2.45, 2.75) is 183 Å². The highest BCUT2D eigenvalue weighted by Crippen LogP contribution is 2.38. The molecule has 6 fully saturated rings. The van der Waals surface area contributed by atoms with Gasteiger partial charge in [0.15, 0.2) is 31.5 Å². The average Bonchev–Trinajstić information content (AvgIpc) is 3.32. The number of rotatable bonds is 16. The molecule has 0 unspecified atom stereocenters. The van der Waals surface area contributed by atoms with E-state index in [-0.39, 0.29) is 0 Å². The smallest absolute Gasteiger partial charge is 0.187 e. The lowest BCUT2D eigenvalue weighted by Gasteiger charge is -2.49. The summed E-state index contributed by atoms with van der Waals surface area (Å²) in [6, 6.07) is 0. The largest absolute Gasteiger partial charge is 0.394 e. The number of ether oxygens (including phenoxy) is 10. The lowest BCUT2D eigenvalue weighted by Crippen LogP contribution is -2.67. The predicted octanol–water partition coefficient (Wildman–Crippen LogP) is -13.4. The van der Waals surface area contributed by atoms with Crippen LogP contribution in [0.1, 0.15) is 0 Å². The molecule has 30 atom stereocenters. The Kier molecular flexibility index (Phi) is 19.7. The molecule has 6 rings (SSSR count). The number of thioether (sulfide) groups is 1. The summed E-state index contributed by atoms with van der Waals surface area (Å²) in [6.45, 7) is -4.52. The first-order chi connectivity index (χ1) is 31.7. The first-order valence-electron chi connectivity index (χ1n) is 21.1. The average molecular weight is 1010 g/mol. The van der Waals surface area contributed by atoms with Gasteiger partial charge in [0.25, 0.3) is 0 Å². The standard InChI is InChI=1S/C36H62O30S/c37-1-7-13(42)15(44)22(51)32(58-7)64-28-10(4-40)60-34(24(53)18(28)47)66-30-12(61-35(25(54)19(30)48)63-27-9(3-39)57-31(56)21(50)17(27)46)6-67-36-26(55)20(49)29(11(5-41)62-36)65-33-23(52)16(45)14(43)8(2-38)59-33/h7-56H,1-6H2/t7-,8-,9-,10-,11-,12-,13-,14-,15+,16+,17-,18-,19-,20-,21-,22-,23-,24-,25-,26-,27-,28-,29-,30-,31-,32-,33-,34-,35-,36-/m1/s1. The van der Waals surface area contributed by atoms with Crippen LogP contribution >= 0.6 is 11.8 Å². The number of aliphatic hydroxyl groups is 20. The minimum atomic E-state index is -2.18. The molecular formula is C36H62O30S. The lowest BCUT2D eigenvalue weighted by molar-refractivity contribution is -0.384. The number of hydrogen-bond acceptors (Lipinski definition) is 31. The van der Waals surface area contributed by atoms with Crippen molar-refractivity contribution in [1.82, 2.24) is 0 Å². The molecule has 0 radical (unpaired) electrons. The molecule has 0 aromatic heterocycles. The van der Waals surface area contributed by atoms with Gasteiger partial charge in [-0.05, 0) is 0 Å². The zero-order valence-corrected chi connectivity index (χ0v) is 35.8. The summed E-state index contributed by atoms with van der Waals surface area (Å²) < 4.78 is 55.9. The van der Waals surface area contributed by atoms with Gasteiger partial charge in [-0.15, -0.1) is 11.8 Å². The molecule has 67 heavy (non-hydrogen) atoms. The minimum Gasteiger partial charge on any atom is -0.394 e. The highest BCUT2D eigenvalue weighted by molar-refractivity contribution is 7.99. The summed E-state index contributed by atoms with van der Waals surface area (Å²) in [5.74, 6) is -0.536. The second-order valence-corrected chi connectivity index (χ2v) is 17.9. The predicted molar refractivity (Wildman–Crippen MR) is 206 cm³/mol. The molecule has 0 aromatic rings. The first-order valence-corrected chi connectivity index (χ1v) is 22.2. The van der Waals surface area contributed by atoms with Crippen LogP contribution in [-0.4, -0.2) is 324 Å². The summed E-state index contributed by atoms with van der Waals surface area (Å²) in [7, 11) is 0. The van der Waals surface area contributed by atoms with E-state index < -0.39 is 222 Å². The van der Waals surface area contributed by atoms with Crippen molar-refractivity contribution in [2.24, 2.45) is 0 Å². The van der Waals surface area contributed by atoms with E-state index in [2.05, 4.69) is 0 Å². The third-order valence-electron chi connectivity index (χ3n) is 12.4. The van der Waals surface area contributed by atoms with Crippen LogP contribution in [0.5, 0.6) is 0 Å². The maximum Gasteiger partial charge on any atom is 0.187 e. The molecule has 0 aromatic carbocycles. The second-order valence-electron chi connectivity index (χ2n) is 16.8. The third-order valence-corrected chi connectivity index (χ3v) is 13.6. The van der Waals surface area contributed by atoms with E-state index in [1.165, 1.54) is 0 Å². The molecule has 6 aliphatic rings. The maximum atomic E-state index is 11.6. The van der Waals surface area contributed by atoms with E-state index in [9.17, 15) is 102 Å². The fraction of sp³-hybridized carbons (Fsp3) is 1.00. The Morgan fingerprint density at radius 1 is 0.284 bits per heavy atom. The van der Waals surface area contributed by atoms with Crippen molar-refractivity contribution in [1.29, 1.82) is 0 Å². The summed E-state index contributed by atoms with van der Waals surface area (Å²) in [5.41, 5.74) is -1.55. The lowest BCUT2D eigenvalue weighted by atomic mass is 9.96. The molecule has 0 aliphatic carbocycles. The molecule has 6 saturated heterocycles. The summed E-state index contributed by atoms with van der Waals surface area (Å²) in [6.07, 6.45) is -54.0. The molecular weight excluding hydrogens is 944 g/mol. The van der Waals surface area contributed by atoms with Gasteiger partial charge in [0.1, 0.15) is 146 Å². The van der Waals surface area contributed by atoms with Gasteiger partial charge < -0.3 is 149 Å². The molecule has 20 N–H and O–H groups in total. The van der Waals surface area contributed by atoms with Crippen LogP contribution in [0.15, 0.2) is 0 Å². The van der Waals surface area contributed by atoms with Crippen LogP contribution in [0.3, 0.4) is 0 Å². The van der Waals surface area contributed by atoms with Crippen molar-refractivity contribution in [3.63, 3.8) is 0 Å². The molecule has 31 heteroatoms. The quantitative estimate of drug-likeness (QED) is 0.0683. The van der Waals surface area contributed by atoms with Crippen molar-refractivity contribution in [3.8, 4) is 0 Å². The van der Waals surface area contributed by atoms with Crippen LogP contribution in [0.2, 0.25) is 0 Å². The van der Waals surface area contributed by atoms with Gasteiger partial charge >= 0.3 is 0 Å². The highest BCUT2D eigenvalue weighted by Gasteiger charge is 2.56. The fourth-order valence-electron chi connectivity index (χ4n) is 8.42. The van der Waals surface area contributed by atoms with E-state index in [0.29, 0.717) is 11.8 Å². The zero-order chi connectivity index (χ0) is 49.3. The van der Waals surface area contributed by atoms with Crippen LogP contribution < -0.4 is 0 Å². The van der Waals surface area contributed by atoms with E-state index in [1.54, 1.807) is 0 Å². The highest BCUT2D eigenvalue weighted by atomic mass is 32.2. The summed E-state index contributed by atoms with van der Waals surface area (Å²) in [5, 5.41) is 210. The monoisotopic (exact) mass is 1010 g/mol. The summed E-state index contributed by atoms with van der Waals surface area (Å²) >= 11 is 0.608. The van der Waals surface area contributed by atoms with E-state index in [0.717, 1.165) is 0 Å². The van der Waals surface area contributed by atoms with Gasteiger partial charge in [-0.2, -0.15) is 0 Å². The SMILES string of the molecule is OC[C@H]1O[C@H](O[C@H]2[C@H](O)[C@@H](O)[C@@H](SC[C@H]3O[C@H](O[C@H]4[C@H](O)[C@@H](O)[C@H](O)O[C@@H]4CO)[C@H](O)[C@@H](O)[C@@H]3O[C@H]3O[C@H](CO)[C@@H](O[C@H]4O[C@H](CO)[C@@H](O)[C@H](O)[C@H]4O)[C@H](O)[C@H]3O)O[C@@H]2CO)[C@H](O)[C@@H](O)[C@@H]1O. The zero-order valence-electron chi connectivity index (χ0n) is 35.0. The second kappa shape index (κ2) is 23.8. The molecule has 0 saturated carbocycles. The Bertz CT molecular complexity index is 1510. The van der Waals surface area contributed by atoms with E-state index >= 15 is 0 Å².